The smallest absolute Gasteiger partial charge is 0.244 e. The molecule has 0 bridgehead atoms. The standard InChI is InChI=1S/C14H20FN3O/c1-17(2)13(11-3-5-12(15)6-4-11)14(19)18-9-7-16-8-10-18/h3-6,13,16H,7-10H2,1-2H3. The van der Waals surface area contributed by atoms with Gasteiger partial charge in [-0.15, -0.1) is 0 Å². The number of nitrogens with one attached hydrogen (secondary N) is 1. The molecule has 1 aromatic carbocycles. The second kappa shape index (κ2) is 6.12. The van der Waals surface area contributed by atoms with Crippen LogP contribution in [-0.4, -0.2) is 56.0 Å². The summed E-state index contributed by atoms with van der Waals surface area (Å²) in [5.74, 6) is -0.200. The second-order valence-electron chi connectivity index (χ2n) is 4.99. The highest BCUT2D eigenvalue weighted by Crippen LogP contribution is 2.21. The minimum Gasteiger partial charge on any atom is -0.338 e. The molecule has 5 heteroatoms. The number of likely N-dealkylation sites (N-methyl/N-ethyl adjacent to an activating group) is 1. The van der Waals surface area contributed by atoms with Crippen LogP contribution in [0.4, 0.5) is 4.39 Å². The zero-order valence-corrected chi connectivity index (χ0v) is 11.4. The van der Waals surface area contributed by atoms with Crippen molar-refractivity contribution in [2.75, 3.05) is 40.3 Å². The Morgan fingerprint density at radius 3 is 2.37 bits per heavy atom. The van der Waals surface area contributed by atoms with Crippen molar-refractivity contribution in [2.24, 2.45) is 0 Å². The van der Waals surface area contributed by atoms with Crippen molar-refractivity contribution in [3.8, 4) is 0 Å². The number of carbonyl (C=O) groups is 1. The van der Waals surface area contributed by atoms with E-state index in [0.29, 0.717) is 0 Å². The van der Waals surface area contributed by atoms with E-state index in [4.69, 9.17) is 0 Å². The van der Waals surface area contributed by atoms with Crippen molar-refractivity contribution in [3.05, 3.63) is 35.6 Å². The van der Waals surface area contributed by atoms with E-state index in [1.165, 1.54) is 12.1 Å². The Kier molecular flexibility index (Phi) is 4.50. The van der Waals surface area contributed by atoms with E-state index in [9.17, 15) is 9.18 Å². The monoisotopic (exact) mass is 265 g/mol. The van der Waals surface area contributed by atoms with E-state index < -0.39 is 0 Å². The fourth-order valence-corrected chi connectivity index (χ4v) is 2.36. The van der Waals surface area contributed by atoms with Crippen LogP contribution in [0.15, 0.2) is 24.3 Å². The molecule has 0 spiro atoms. The molecule has 19 heavy (non-hydrogen) atoms. The number of hydrogen-bond acceptors (Lipinski definition) is 3. The Hall–Kier alpha value is -1.46. The average molecular weight is 265 g/mol. The van der Waals surface area contributed by atoms with Crippen molar-refractivity contribution in [1.82, 2.24) is 15.1 Å². The van der Waals surface area contributed by atoms with Gasteiger partial charge in [-0.25, -0.2) is 4.39 Å². The van der Waals surface area contributed by atoms with Crippen molar-refractivity contribution in [2.45, 2.75) is 6.04 Å². The van der Waals surface area contributed by atoms with Gasteiger partial charge in [0.1, 0.15) is 11.9 Å². The highest BCUT2D eigenvalue weighted by Gasteiger charge is 2.28. The molecule has 104 valence electrons. The minimum absolute atomic E-state index is 0.0816. The van der Waals surface area contributed by atoms with Gasteiger partial charge in [-0.3, -0.25) is 9.69 Å². The number of halogens is 1. The maximum absolute atomic E-state index is 13.0. The maximum Gasteiger partial charge on any atom is 0.244 e. The Balaban J connectivity index is 2.19. The van der Waals surface area contributed by atoms with Crippen LogP contribution in [0.3, 0.4) is 0 Å². The van der Waals surface area contributed by atoms with Gasteiger partial charge in [0.25, 0.3) is 0 Å². The Morgan fingerprint density at radius 2 is 1.84 bits per heavy atom. The number of hydrogen-bond donors (Lipinski definition) is 1. The van der Waals surface area contributed by atoms with E-state index in [1.54, 1.807) is 12.1 Å². The molecule has 4 nitrogen and oxygen atoms in total. The van der Waals surface area contributed by atoms with Crippen LogP contribution in [0.5, 0.6) is 0 Å². The first-order valence-electron chi connectivity index (χ1n) is 6.51. The molecule has 0 saturated carbocycles. The number of rotatable bonds is 3. The topological polar surface area (TPSA) is 35.6 Å². The van der Waals surface area contributed by atoms with Crippen LogP contribution < -0.4 is 5.32 Å². The molecule has 0 aromatic heterocycles. The molecular weight excluding hydrogens is 245 g/mol. The van der Waals surface area contributed by atoms with E-state index in [1.807, 2.05) is 23.9 Å². The Bertz CT molecular complexity index is 427. The summed E-state index contributed by atoms with van der Waals surface area (Å²) in [5, 5.41) is 3.23. The molecule has 1 aliphatic rings. The predicted molar refractivity (Wildman–Crippen MR) is 72.3 cm³/mol. The lowest BCUT2D eigenvalue weighted by Crippen LogP contribution is -2.49. The molecule has 1 saturated heterocycles. The lowest BCUT2D eigenvalue weighted by molar-refractivity contribution is -0.136. The van der Waals surface area contributed by atoms with Crippen LogP contribution in [0.2, 0.25) is 0 Å². The SMILES string of the molecule is CN(C)C(C(=O)N1CCNCC1)c1ccc(F)cc1. The van der Waals surface area contributed by atoms with Gasteiger partial charge >= 0.3 is 0 Å². The van der Waals surface area contributed by atoms with Crippen LogP contribution in [-0.2, 0) is 4.79 Å². The number of nitrogens with zero attached hydrogens (tertiary/aromatic N) is 2. The zero-order valence-electron chi connectivity index (χ0n) is 11.4. The molecule has 1 fully saturated rings. The third-order valence-electron chi connectivity index (χ3n) is 3.36. The van der Waals surface area contributed by atoms with Gasteiger partial charge in [-0.2, -0.15) is 0 Å². The van der Waals surface area contributed by atoms with Gasteiger partial charge < -0.3 is 10.2 Å². The maximum atomic E-state index is 13.0. The summed E-state index contributed by atoms with van der Waals surface area (Å²) in [6.07, 6.45) is 0. The lowest BCUT2D eigenvalue weighted by Gasteiger charge is -2.33. The highest BCUT2D eigenvalue weighted by atomic mass is 19.1. The zero-order chi connectivity index (χ0) is 13.8. The summed E-state index contributed by atoms with van der Waals surface area (Å²) in [6, 6.07) is 5.81. The molecule has 1 aromatic rings. The fraction of sp³-hybridized carbons (Fsp3) is 0.500. The van der Waals surface area contributed by atoms with Crippen LogP contribution in [0.1, 0.15) is 11.6 Å². The molecule has 0 aliphatic carbocycles. The molecule has 1 atom stereocenters. The molecule has 1 amide bonds. The Morgan fingerprint density at radius 1 is 1.26 bits per heavy atom. The number of carbonyl (C=O) groups excluding carboxylic acids is 1. The molecular formula is C14H20FN3O. The first kappa shape index (κ1) is 14.0. The highest BCUT2D eigenvalue weighted by molar-refractivity contribution is 5.83. The first-order chi connectivity index (χ1) is 9.09. The van der Waals surface area contributed by atoms with Crippen LogP contribution in [0.25, 0.3) is 0 Å². The third kappa shape index (κ3) is 3.30. The van der Waals surface area contributed by atoms with E-state index >= 15 is 0 Å². The summed E-state index contributed by atoms with van der Waals surface area (Å²) in [7, 11) is 3.74. The van der Waals surface area contributed by atoms with Gasteiger partial charge in [-0.05, 0) is 31.8 Å². The minimum atomic E-state index is -0.348. The van der Waals surface area contributed by atoms with Crippen molar-refractivity contribution >= 4 is 5.91 Å². The number of amides is 1. The quantitative estimate of drug-likeness (QED) is 0.880. The van der Waals surface area contributed by atoms with Crippen LogP contribution >= 0.6 is 0 Å². The Labute approximate surface area is 113 Å². The molecule has 1 heterocycles. The summed E-state index contributed by atoms with van der Waals surface area (Å²) >= 11 is 0. The summed E-state index contributed by atoms with van der Waals surface area (Å²) < 4.78 is 13.0. The second-order valence-corrected chi connectivity index (χ2v) is 4.99. The summed E-state index contributed by atoms with van der Waals surface area (Å²) in [4.78, 5) is 16.3. The normalized spacial score (nSPS) is 17.6. The van der Waals surface area contributed by atoms with Crippen molar-refractivity contribution < 1.29 is 9.18 Å². The van der Waals surface area contributed by atoms with Crippen molar-refractivity contribution in [1.29, 1.82) is 0 Å². The molecule has 1 N–H and O–H groups in total. The van der Waals surface area contributed by atoms with E-state index in [-0.39, 0.29) is 17.8 Å². The van der Waals surface area contributed by atoms with E-state index in [2.05, 4.69) is 5.32 Å². The summed E-state index contributed by atoms with van der Waals surface area (Å²) in [6.45, 7) is 3.11. The predicted octanol–water partition coefficient (Wildman–Crippen LogP) is 0.860. The van der Waals surface area contributed by atoms with Crippen LogP contribution in [0, 0.1) is 5.82 Å². The van der Waals surface area contributed by atoms with Gasteiger partial charge in [-0.1, -0.05) is 12.1 Å². The fourth-order valence-electron chi connectivity index (χ4n) is 2.36. The largest absolute Gasteiger partial charge is 0.338 e. The van der Waals surface area contributed by atoms with Gasteiger partial charge in [0.2, 0.25) is 5.91 Å². The molecule has 1 aliphatic heterocycles. The van der Waals surface area contributed by atoms with E-state index in [0.717, 1.165) is 31.7 Å². The van der Waals surface area contributed by atoms with Gasteiger partial charge in [0.05, 0.1) is 0 Å². The molecule has 2 rings (SSSR count). The first-order valence-corrected chi connectivity index (χ1v) is 6.51. The van der Waals surface area contributed by atoms with Gasteiger partial charge in [0.15, 0.2) is 0 Å². The number of benzene rings is 1. The lowest BCUT2D eigenvalue weighted by atomic mass is 10.0. The number of piperazine rings is 1. The van der Waals surface area contributed by atoms with Crippen molar-refractivity contribution in [3.63, 3.8) is 0 Å². The molecule has 0 radical (unpaired) electrons. The van der Waals surface area contributed by atoms with Gasteiger partial charge in [0, 0.05) is 26.2 Å². The summed E-state index contributed by atoms with van der Waals surface area (Å²) in [5.41, 5.74) is 0.829. The molecule has 1 unspecified atom stereocenters. The average Bonchev–Trinajstić information content (AvgIpc) is 2.42. The third-order valence-corrected chi connectivity index (χ3v) is 3.36.